The van der Waals surface area contributed by atoms with E-state index in [1.54, 1.807) is 6.20 Å². The third kappa shape index (κ3) is 3.37. The number of halogens is 2. The van der Waals surface area contributed by atoms with Crippen molar-refractivity contribution in [1.29, 1.82) is 0 Å². The molecule has 0 unspecified atom stereocenters. The number of benzene rings is 1. The van der Waals surface area contributed by atoms with Crippen LogP contribution in [0.2, 0.25) is 0 Å². The van der Waals surface area contributed by atoms with Gasteiger partial charge in [-0.25, -0.2) is 4.98 Å². The normalized spacial score (nSPS) is 10.2. The van der Waals surface area contributed by atoms with Crippen molar-refractivity contribution in [2.75, 3.05) is 5.32 Å². The van der Waals surface area contributed by atoms with Crippen molar-refractivity contribution >= 4 is 59.9 Å². The highest BCUT2D eigenvalue weighted by Gasteiger charge is 2.16. The topological polar surface area (TPSA) is 85.1 Å². The smallest absolute Gasteiger partial charge is 0.270 e. The fourth-order valence-electron chi connectivity index (χ4n) is 1.28. The van der Waals surface area contributed by atoms with Crippen LogP contribution in [0.25, 0.3) is 0 Å². The van der Waals surface area contributed by atoms with Gasteiger partial charge >= 0.3 is 0 Å². The molecule has 0 fully saturated rings. The van der Waals surface area contributed by atoms with Crippen LogP contribution in [0.5, 0.6) is 0 Å². The molecule has 6 nitrogen and oxygen atoms in total. The second-order valence-electron chi connectivity index (χ2n) is 3.34. The Hall–Kier alpha value is -1.32. The van der Waals surface area contributed by atoms with Crippen molar-refractivity contribution in [1.82, 2.24) is 4.98 Å². The van der Waals surface area contributed by atoms with E-state index in [-0.39, 0.29) is 11.3 Å². The van der Waals surface area contributed by atoms with E-state index in [1.165, 1.54) is 29.5 Å². The van der Waals surface area contributed by atoms with E-state index in [2.05, 4.69) is 42.2 Å². The van der Waals surface area contributed by atoms with Crippen LogP contribution in [-0.4, -0.2) is 15.8 Å². The van der Waals surface area contributed by atoms with E-state index in [0.29, 0.717) is 9.60 Å². The number of carbonyl (C=O) groups is 1. The zero-order valence-corrected chi connectivity index (χ0v) is 13.1. The quantitative estimate of drug-likeness (QED) is 0.619. The molecule has 0 radical (unpaired) electrons. The molecule has 2 aromatic rings. The first-order valence-electron chi connectivity index (χ1n) is 4.84. The van der Waals surface area contributed by atoms with Crippen molar-refractivity contribution in [3.05, 3.63) is 48.3 Å². The second kappa shape index (κ2) is 5.76. The van der Waals surface area contributed by atoms with Gasteiger partial charge in [-0.2, -0.15) is 0 Å². The average Bonchev–Trinajstić information content (AvgIpc) is 2.74. The van der Waals surface area contributed by atoms with Crippen LogP contribution >= 0.6 is 43.2 Å². The predicted molar refractivity (Wildman–Crippen MR) is 78.6 cm³/mol. The van der Waals surface area contributed by atoms with Crippen LogP contribution < -0.4 is 5.32 Å². The number of non-ortho nitro benzene ring substituents is 1. The molecule has 0 aliphatic rings. The lowest BCUT2D eigenvalue weighted by atomic mass is 10.2. The van der Waals surface area contributed by atoms with Gasteiger partial charge in [-0.3, -0.25) is 20.2 Å². The molecule has 0 aliphatic carbocycles. The van der Waals surface area contributed by atoms with Crippen LogP contribution in [0.15, 0.2) is 32.7 Å². The summed E-state index contributed by atoms with van der Waals surface area (Å²) in [4.78, 5) is 26.1. The van der Waals surface area contributed by atoms with Crippen LogP contribution in [0.4, 0.5) is 10.8 Å². The number of nitro groups is 1. The highest BCUT2D eigenvalue weighted by Crippen LogP contribution is 2.26. The minimum absolute atomic E-state index is 0.145. The summed E-state index contributed by atoms with van der Waals surface area (Å²) < 4.78 is 1.26. The van der Waals surface area contributed by atoms with E-state index in [4.69, 9.17) is 0 Å². The fraction of sp³-hybridized carbons (Fsp3) is 0. The lowest BCUT2D eigenvalue weighted by molar-refractivity contribution is -0.384. The first-order valence-corrected chi connectivity index (χ1v) is 7.24. The first kappa shape index (κ1) is 14.1. The van der Waals surface area contributed by atoms with Gasteiger partial charge in [0.2, 0.25) is 0 Å². The van der Waals surface area contributed by atoms with E-state index in [1.807, 2.05) is 0 Å². The third-order valence-electron chi connectivity index (χ3n) is 2.10. The number of nitrogens with zero attached hydrogens (tertiary/aromatic N) is 2. The summed E-state index contributed by atoms with van der Waals surface area (Å²) >= 11 is 7.67. The number of hydrogen-bond donors (Lipinski definition) is 1. The molecular weight excluding hydrogens is 402 g/mol. The Morgan fingerprint density at radius 2 is 2.16 bits per heavy atom. The van der Waals surface area contributed by atoms with Crippen molar-refractivity contribution in [3.63, 3.8) is 0 Å². The van der Waals surface area contributed by atoms with Crippen LogP contribution in [0, 0.1) is 10.1 Å². The van der Waals surface area contributed by atoms with E-state index < -0.39 is 10.8 Å². The van der Waals surface area contributed by atoms with Crippen molar-refractivity contribution < 1.29 is 9.72 Å². The lowest BCUT2D eigenvalue weighted by Gasteiger charge is -2.04. The van der Waals surface area contributed by atoms with Gasteiger partial charge < -0.3 is 0 Å². The second-order valence-corrected chi connectivity index (χ2v) is 6.61. The maximum absolute atomic E-state index is 12.0. The Balaban J connectivity index is 2.27. The molecule has 1 amide bonds. The Morgan fingerprint density at radius 3 is 2.74 bits per heavy atom. The van der Waals surface area contributed by atoms with Crippen molar-refractivity contribution in [2.45, 2.75) is 0 Å². The molecular formula is C10H5Br2N3O3S. The molecule has 19 heavy (non-hydrogen) atoms. The highest BCUT2D eigenvalue weighted by molar-refractivity contribution is 9.11. The summed E-state index contributed by atoms with van der Waals surface area (Å²) in [6, 6.07) is 3.99. The number of carbonyl (C=O) groups excluding carboxylic acids is 1. The van der Waals surface area contributed by atoms with E-state index >= 15 is 0 Å². The van der Waals surface area contributed by atoms with Gasteiger partial charge in [0.1, 0.15) is 0 Å². The minimum atomic E-state index is -0.552. The molecule has 0 atom stereocenters. The van der Waals surface area contributed by atoms with Gasteiger partial charge in [0.25, 0.3) is 11.6 Å². The Bertz CT molecular complexity index is 659. The number of aromatic nitrogens is 1. The molecule has 9 heteroatoms. The third-order valence-corrected chi connectivity index (χ3v) is 4.19. The molecule has 1 aromatic heterocycles. The molecule has 0 aliphatic heterocycles. The fourth-order valence-corrected chi connectivity index (χ4v) is 2.81. The Labute approximate surface area is 128 Å². The summed E-state index contributed by atoms with van der Waals surface area (Å²) in [7, 11) is 0. The van der Waals surface area contributed by atoms with Gasteiger partial charge in [-0.15, -0.1) is 0 Å². The minimum Gasteiger partial charge on any atom is -0.298 e. The van der Waals surface area contributed by atoms with Crippen molar-refractivity contribution in [2.24, 2.45) is 0 Å². The maximum Gasteiger partial charge on any atom is 0.270 e. The molecule has 1 aromatic carbocycles. The summed E-state index contributed by atoms with van der Waals surface area (Å²) in [6.45, 7) is 0. The number of amides is 1. The summed E-state index contributed by atoms with van der Waals surface area (Å²) in [6.07, 6.45) is 1.56. The first-order chi connectivity index (χ1) is 8.97. The SMILES string of the molecule is O=C(Nc1ncc(Br)s1)c1cc([N+](=O)[O-])ccc1Br. The molecule has 0 spiro atoms. The summed E-state index contributed by atoms with van der Waals surface area (Å²) in [5.41, 5.74) is 0.0363. The summed E-state index contributed by atoms with van der Waals surface area (Å²) in [5.74, 6) is -0.461. The molecule has 2 rings (SSSR count). The zero-order valence-electron chi connectivity index (χ0n) is 9.09. The molecule has 1 heterocycles. The average molecular weight is 407 g/mol. The molecule has 98 valence electrons. The molecule has 0 bridgehead atoms. The van der Waals surface area contributed by atoms with Crippen molar-refractivity contribution in [3.8, 4) is 0 Å². The van der Waals surface area contributed by atoms with Gasteiger partial charge in [-0.1, -0.05) is 11.3 Å². The van der Waals surface area contributed by atoms with E-state index in [0.717, 1.165) is 3.79 Å². The Morgan fingerprint density at radius 1 is 1.42 bits per heavy atom. The van der Waals surface area contributed by atoms with Gasteiger partial charge in [0, 0.05) is 16.6 Å². The van der Waals surface area contributed by atoms with Gasteiger partial charge in [-0.05, 0) is 37.9 Å². The number of anilines is 1. The number of nitro benzene ring substituents is 1. The van der Waals surface area contributed by atoms with Crippen LogP contribution in [0.3, 0.4) is 0 Å². The van der Waals surface area contributed by atoms with Gasteiger partial charge in [0.15, 0.2) is 5.13 Å². The lowest BCUT2D eigenvalue weighted by Crippen LogP contribution is -2.12. The number of rotatable bonds is 3. The number of hydrogen-bond acceptors (Lipinski definition) is 5. The van der Waals surface area contributed by atoms with E-state index in [9.17, 15) is 14.9 Å². The Kier molecular flexibility index (Phi) is 4.27. The molecule has 1 N–H and O–H groups in total. The monoisotopic (exact) mass is 405 g/mol. The van der Waals surface area contributed by atoms with Crippen LogP contribution in [0.1, 0.15) is 10.4 Å². The van der Waals surface area contributed by atoms with Gasteiger partial charge in [0.05, 0.1) is 20.5 Å². The number of thiazole rings is 1. The molecule has 0 saturated heterocycles. The highest BCUT2D eigenvalue weighted by atomic mass is 79.9. The largest absolute Gasteiger partial charge is 0.298 e. The maximum atomic E-state index is 12.0. The number of nitrogens with one attached hydrogen (secondary N) is 1. The predicted octanol–water partition coefficient (Wildman–Crippen LogP) is 3.83. The summed E-state index contributed by atoms with van der Waals surface area (Å²) in [5, 5.41) is 13.7. The standard InChI is InChI=1S/C10H5Br2N3O3S/c11-7-2-1-5(15(17)18)3-6(7)9(16)14-10-13-4-8(12)19-10/h1-4H,(H,13,14,16). The van der Waals surface area contributed by atoms with Crippen LogP contribution in [-0.2, 0) is 0 Å². The molecule has 0 saturated carbocycles. The zero-order chi connectivity index (χ0) is 14.0.